The van der Waals surface area contributed by atoms with E-state index in [4.69, 9.17) is 4.52 Å². The lowest BCUT2D eigenvalue weighted by molar-refractivity contribution is -0.151. The van der Waals surface area contributed by atoms with Gasteiger partial charge in [0.2, 0.25) is 5.91 Å². The van der Waals surface area contributed by atoms with Gasteiger partial charge in [-0.25, -0.2) is 0 Å². The zero-order valence-corrected chi connectivity index (χ0v) is 14.5. The van der Waals surface area contributed by atoms with Gasteiger partial charge in [0.15, 0.2) is 0 Å². The van der Waals surface area contributed by atoms with Crippen LogP contribution in [0, 0.1) is 25.2 Å². The summed E-state index contributed by atoms with van der Waals surface area (Å²) in [5.41, 5.74) is 0.972. The summed E-state index contributed by atoms with van der Waals surface area (Å²) in [6, 6.07) is 0. The molecule has 1 amide bonds. The van der Waals surface area contributed by atoms with Crippen LogP contribution in [-0.4, -0.2) is 40.1 Å². The molecule has 1 N–H and O–H groups in total. The second-order valence-electron chi connectivity index (χ2n) is 7.02. The molecular formula is C17H26N2O4. The van der Waals surface area contributed by atoms with Crippen LogP contribution in [0.25, 0.3) is 0 Å². The molecule has 0 aromatic carbocycles. The number of carbonyl (C=O) groups excluding carboxylic acids is 1. The first-order chi connectivity index (χ1) is 10.7. The number of nitrogens with zero attached hydrogens (tertiary/aromatic N) is 2. The molecule has 0 aliphatic carbocycles. The van der Waals surface area contributed by atoms with E-state index in [1.807, 2.05) is 34.6 Å². The number of likely N-dealkylation sites (tertiary alicyclic amines) is 1. The number of carbonyl (C=O) groups is 2. The van der Waals surface area contributed by atoms with Gasteiger partial charge >= 0.3 is 5.97 Å². The first-order valence-electron chi connectivity index (χ1n) is 8.13. The second-order valence-corrected chi connectivity index (χ2v) is 7.02. The average Bonchev–Trinajstić information content (AvgIpc) is 3.04. The Morgan fingerprint density at radius 2 is 2.00 bits per heavy atom. The molecule has 6 nitrogen and oxygen atoms in total. The molecule has 1 aromatic heterocycles. The third-order valence-electron chi connectivity index (χ3n) is 5.25. The van der Waals surface area contributed by atoms with Crippen LogP contribution in [0.3, 0.4) is 0 Å². The summed E-state index contributed by atoms with van der Waals surface area (Å²) in [5.74, 6) is -0.0560. The van der Waals surface area contributed by atoms with E-state index in [0.717, 1.165) is 17.0 Å². The van der Waals surface area contributed by atoms with Gasteiger partial charge in [-0.2, -0.15) is 0 Å². The smallest absolute Gasteiger partial charge is 0.311 e. The molecule has 1 aliphatic rings. The highest BCUT2D eigenvalue weighted by molar-refractivity contribution is 5.81. The van der Waals surface area contributed by atoms with Crippen molar-refractivity contribution in [3.8, 4) is 0 Å². The molecular weight excluding hydrogens is 296 g/mol. The maximum absolute atomic E-state index is 12.6. The maximum Gasteiger partial charge on any atom is 0.311 e. The minimum Gasteiger partial charge on any atom is -0.481 e. The average molecular weight is 322 g/mol. The molecule has 2 heterocycles. The molecule has 6 heteroatoms. The van der Waals surface area contributed by atoms with Crippen LogP contribution in [-0.2, 0) is 9.59 Å². The quantitative estimate of drug-likeness (QED) is 0.901. The molecule has 0 saturated carbocycles. The summed E-state index contributed by atoms with van der Waals surface area (Å²) >= 11 is 0. The summed E-state index contributed by atoms with van der Waals surface area (Å²) in [6.07, 6.45) is 0.863. The van der Waals surface area contributed by atoms with Gasteiger partial charge in [-0.3, -0.25) is 9.59 Å². The molecule has 0 bridgehead atoms. The fourth-order valence-electron chi connectivity index (χ4n) is 3.63. The van der Waals surface area contributed by atoms with Crippen molar-refractivity contribution in [2.45, 2.75) is 53.4 Å². The van der Waals surface area contributed by atoms with Crippen molar-refractivity contribution in [3.05, 3.63) is 17.0 Å². The lowest BCUT2D eigenvalue weighted by Gasteiger charge is -2.29. The Bertz CT molecular complexity index is 588. The van der Waals surface area contributed by atoms with Crippen molar-refractivity contribution in [2.75, 3.05) is 13.1 Å². The van der Waals surface area contributed by atoms with Crippen LogP contribution < -0.4 is 0 Å². The van der Waals surface area contributed by atoms with Crippen LogP contribution in [0.4, 0.5) is 0 Å². The minimum absolute atomic E-state index is 0.00118. The molecule has 23 heavy (non-hydrogen) atoms. The van der Waals surface area contributed by atoms with E-state index in [9.17, 15) is 14.7 Å². The lowest BCUT2D eigenvalue weighted by atomic mass is 9.76. The Kier molecular flexibility index (Phi) is 4.82. The fraction of sp³-hybridized carbons (Fsp3) is 0.706. The molecule has 1 saturated heterocycles. The van der Waals surface area contributed by atoms with Crippen molar-refractivity contribution < 1.29 is 19.2 Å². The number of aryl methyl sites for hydroxylation is 2. The van der Waals surface area contributed by atoms with Crippen molar-refractivity contribution in [1.82, 2.24) is 10.1 Å². The predicted molar refractivity (Wildman–Crippen MR) is 85.1 cm³/mol. The number of hydrogen-bond donors (Lipinski definition) is 1. The number of aromatic nitrogens is 1. The Balaban J connectivity index is 2.07. The van der Waals surface area contributed by atoms with Gasteiger partial charge in [0.05, 0.1) is 11.1 Å². The molecule has 0 radical (unpaired) electrons. The Labute approximate surface area is 136 Å². The lowest BCUT2D eigenvalue weighted by Crippen LogP contribution is -2.40. The number of rotatable bonds is 5. The molecule has 1 aromatic rings. The van der Waals surface area contributed by atoms with E-state index in [0.29, 0.717) is 25.9 Å². The number of carboxylic acid groups (broad SMARTS) is 1. The Hall–Kier alpha value is -1.85. The number of hydrogen-bond acceptors (Lipinski definition) is 4. The summed E-state index contributed by atoms with van der Waals surface area (Å²) in [4.78, 5) is 26.0. The molecule has 2 atom stereocenters. The van der Waals surface area contributed by atoms with E-state index >= 15 is 0 Å². The number of aliphatic carboxylic acids is 1. The molecule has 1 aliphatic heterocycles. The van der Waals surface area contributed by atoms with Crippen molar-refractivity contribution in [2.24, 2.45) is 11.3 Å². The van der Waals surface area contributed by atoms with Crippen molar-refractivity contribution in [1.29, 1.82) is 0 Å². The van der Waals surface area contributed by atoms with Gasteiger partial charge in [-0.05, 0) is 32.1 Å². The van der Waals surface area contributed by atoms with Crippen molar-refractivity contribution >= 4 is 11.9 Å². The summed E-state index contributed by atoms with van der Waals surface area (Å²) < 4.78 is 5.17. The summed E-state index contributed by atoms with van der Waals surface area (Å²) in [7, 11) is 0. The third kappa shape index (κ3) is 3.12. The first-order valence-corrected chi connectivity index (χ1v) is 8.13. The minimum atomic E-state index is -0.818. The van der Waals surface area contributed by atoms with E-state index in [-0.39, 0.29) is 17.7 Å². The highest BCUT2D eigenvalue weighted by atomic mass is 16.5. The van der Waals surface area contributed by atoms with Gasteiger partial charge in [-0.15, -0.1) is 0 Å². The van der Waals surface area contributed by atoms with E-state index in [1.165, 1.54) is 0 Å². The van der Waals surface area contributed by atoms with Gasteiger partial charge in [0.1, 0.15) is 5.76 Å². The first kappa shape index (κ1) is 17.5. The monoisotopic (exact) mass is 322 g/mol. The van der Waals surface area contributed by atoms with E-state index < -0.39 is 11.4 Å². The van der Waals surface area contributed by atoms with E-state index in [2.05, 4.69) is 5.16 Å². The Morgan fingerprint density at radius 3 is 2.43 bits per heavy atom. The zero-order valence-electron chi connectivity index (χ0n) is 14.5. The normalized spacial score (nSPS) is 22.6. The van der Waals surface area contributed by atoms with Crippen LogP contribution in [0.15, 0.2) is 4.52 Å². The zero-order chi connectivity index (χ0) is 17.4. The Morgan fingerprint density at radius 1 is 1.35 bits per heavy atom. The molecule has 2 unspecified atom stereocenters. The number of carboxylic acids is 1. The van der Waals surface area contributed by atoms with Gasteiger partial charge in [-0.1, -0.05) is 25.9 Å². The van der Waals surface area contributed by atoms with Crippen LogP contribution in [0.5, 0.6) is 0 Å². The van der Waals surface area contributed by atoms with Crippen LogP contribution in [0.2, 0.25) is 0 Å². The largest absolute Gasteiger partial charge is 0.481 e. The van der Waals surface area contributed by atoms with Gasteiger partial charge < -0.3 is 14.5 Å². The molecule has 0 spiro atoms. The summed E-state index contributed by atoms with van der Waals surface area (Å²) in [6.45, 7) is 10.3. The van der Waals surface area contributed by atoms with Crippen molar-refractivity contribution in [3.63, 3.8) is 0 Å². The number of amides is 1. The maximum atomic E-state index is 12.6. The molecule has 1 fully saturated rings. The van der Waals surface area contributed by atoms with Gasteiger partial charge in [0, 0.05) is 25.1 Å². The highest BCUT2D eigenvalue weighted by Crippen LogP contribution is 2.39. The predicted octanol–water partition coefficient (Wildman–Crippen LogP) is 2.74. The second kappa shape index (κ2) is 6.34. The standard InChI is InChI=1S/C17H26N2O4/c1-10(2)17(16(21)22)6-7-19(9-17)14(20)8-11(3)15-12(4)18-23-13(15)5/h10-11H,6-9H2,1-5H3,(H,21,22). The van der Waals surface area contributed by atoms with Gasteiger partial charge in [0.25, 0.3) is 0 Å². The summed E-state index contributed by atoms with van der Waals surface area (Å²) in [5, 5.41) is 13.5. The molecule has 128 valence electrons. The fourth-order valence-corrected chi connectivity index (χ4v) is 3.63. The van der Waals surface area contributed by atoms with Crippen LogP contribution >= 0.6 is 0 Å². The highest BCUT2D eigenvalue weighted by Gasteiger charge is 2.48. The van der Waals surface area contributed by atoms with E-state index in [1.54, 1.807) is 4.90 Å². The SMILES string of the molecule is Cc1noc(C)c1C(C)CC(=O)N1CCC(C(=O)O)(C(C)C)C1. The topological polar surface area (TPSA) is 83.6 Å². The van der Waals surface area contributed by atoms with Crippen LogP contribution in [0.1, 0.15) is 56.5 Å². The molecule has 2 rings (SSSR count). The third-order valence-corrected chi connectivity index (χ3v) is 5.25.